The molecule has 1 unspecified atom stereocenters. The van der Waals surface area contributed by atoms with Crippen LogP contribution in [0.25, 0.3) is 11.3 Å². The van der Waals surface area contributed by atoms with Crippen LogP contribution in [0.5, 0.6) is 0 Å². The second-order valence-corrected chi connectivity index (χ2v) is 7.75. The first kappa shape index (κ1) is 20.0. The van der Waals surface area contributed by atoms with Gasteiger partial charge in [-0.2, -0.15) is 5.26 Å². The lowest BCUT2D eigenvalue weighted by atomic mass is 10.1. The summed E-state index contributed by atoms with van der Waals surface area (Å²) in [5.74, 6) is -0.0902. The normalized spacial score (nSPS) is 11.6. The summed E-state index contributed by atoms with van der Waals surface area (Å²) in [6.07, 6.45) is 6.05. The summed E-state index contributed by atoms with van der Waals surface area (Å²) in [7, 11) is 0. The third kappa shape index (κ3) is 4.62. The molecule has 30 heavy (non-hydrogen) atoms. The molecule has 0 aliphatic carbocycles. The Balaban J connectivity index is 1.49. The Morgan fingerprint density at radius 3 is 2.80 bits per heavy atom. The first-order valence-corrected chi connectivity index (χ1v) is 10.6. The van der Waals surface area contributed by atoms with Crippen molar-refractivity contribution in [3.8, 4) is 17.3 Å². The topological polar surface area (TPSA) is 87.4 Å². The molecule has 4 rings (SSSR count). The van der Waals surface area contributed by atoms with Gasteiger partial charge in [0.05, 0.1) is 17.5 Å². The van der Waals surface area contributed by atoms with E-state index in [2.05, 4.69) is 31.3 Å². The summed E-state index contributed by atoms with van der Waals surface area (Å²) in [5, 5.41) is 16.2. The molecule has 1 N–H and O–H groups in total. The molecule has 0 spiro atoms. The van der Waals surface area contributed by atoms with Crippen LogP contribution < -0.4 is 5.32 Å². The smallest absolute Gasteiger partial charge is 0.222 e. The van der Waals surface area contributed by atoms with Gasteiger partial charge in [-0.15, -0.1) is 11.3 Å². The van der Waals surface area contributed by atoms with Crippen LogP contribution in [0.4, 0.5) is 5.95 Å². The number of anilines is 1. The largest absolute Gasteiger partial charge is 0.354 e. The monoisotopic (exact) mass is 432 g/mol. The van der Waals surface area contributed by atoms with Crippen LogP contribution in [0.2, 0.25) is 5.02 Å². The Bertz CT molecular complexity index is 1170. The van der Waals surface area contributed by atoms with Crippen LogP contribution >= 0.6 is 22.9 Å². The van der Waals surface area contributed by atoms with E-state index in [1.54, 1.807) is 18.5 Å². The zero-order valence-electron chi connectivity index (χ0n) is 15.9. The number of hydrogen-bond acceptors (Lipinski definition) is 7. The Morgan fingerprint density at radius 1 is 1.10 bits per heavy atom. The van der Waals surface area contributed by atoms with Crippen molar-refractivity contribution in [1.82, 2.24) is 19.9 Å². The van der Waals surface area contributed by atoms with E-state index < -0.39 is 5.92 Å². The van der Waals surface area contributed by atoms with Crippen molar-refractivity contribution in [2.75, 3.05) is 11.9 Å². The molecule has 0 fully saturated rings. The summed E-state index contributed by atoms with van der Waals surface area (Å²) in [6, 6.07) is 15.5. The van der Waals surface area contributed by atoms with E-state index in [9.17, 15) is 5.26 Å². The van der Waals surface area contributed by atoms with Crippen molar-refractivity contribution in [2.45, 2.75) is 12.3 Å². The van der Waals surface area contributed by atoms with Crippen LogP contribution in [0, 0.1) is 11.3 Å². The van der Waals surface area contributed by atoms with Gasteiger partial charge in [0.15, 0.2) is 0 Å². The molecular formula is C22H17ClN6S. The molecule has 0 saturated heterocycles. The first-order valence-electron chi connectivity index (χ1n) is 9.30. The number of pyridine rings is 1. The van der Waals surface area contributed by atoms with Crippen LogP contribution in [0.15, 0.2) is 66.4 Å². The van der Waals surface area contributed by atoms with Crippen LogP contribution in [0.3, 0.4) is 0 Å². The molecule has 4 aromatic rings. The molecule has 1 atom stereocenters. The number of rotatable bonds is 7. The summed E-state index contributed by atoms with van der Waals surface area (Å²) < 4.78 is 0. The van der Waals surface area contributed by atoms with Crippen molar-refractivity contribution in [3.05, 3.63) is 87.7 Å². The molecule has 6 nitrogen and oxygen atoms in total. The molecule has 8 heteroatoms. The molecule has 0 amide bonds. The molecular weight excluding hydrogens is 416 g/mol. The maximum atomic E-state index is 9.79. The second kappa shape index (κ2) is 9.44. The van der Waals surface area contributed by atoms with Gasteiger partial charge in [-0.1, -0.05) is 35.9 Å². The van der Waals surface area contributed by atoms with Gasteiger partial charge in [0, 0.05) is 41.1 Å². The highest BCUT2D eigenvalue weighted by atomic mass is 35.5. The predicted molar refractivity (Wildman–Crippen MR) is 118 cm³/mol. The number of halogens is 1. The minimum absolute atomic E-state index is 0.486. The average molecular weight is 433 g/mol. The fourth-order valence-corrected chi connectivity index (χ4v) is 4.05. The summed E-state index contributed by atoms with van der Waals surface area (Å²) >= 11 is 7.70. The number of benzene rings is 1. The van der Waals surface area contributed by atoms with Gasteiger partial charge in [0.1, 0.15) is 10.9 Å². The summed E-state index contributed by atoms with van der Waals surface area (Å²) in [4.78, 5) is 17.6. The van der Waals surface area contributed by atoms with E-state index in [-0.39, 0.29) is 0 Å². The number of nitrogens with one attached hydrogen (secondary N) is 1. The highest BCUT2D eigenvalue weighted by Gasteiger charge is 2.20. The predicted octanol–water partition coefficient (Wildman–Crippen LogP) is 4.96. The van der Waals surface area contributed by atoms with E-state index >= 15 is 0 Å². The fraction of sp³-hybridized carbons (Fsp3) is 0.136. The fourth-order valence-electron chi connectivity index (χ4n) is 2.94. The Morgan fingerprint density at radius 2 is 2.00 bits per heavy atom. The third-order valence-corrected chi connectivity index (χ3v) is 5.68. The molecule has 3 heterocycles. The molecule has 1 aromatic carbocycles. The standard InChI is InChI=1S/C22H17ClN6S/c23-18-6-2-1-5-16(18)20-14-30-21(28-20)17(12-24)19-8-11-27-22(29-19)26-10-7-15-4-3-9-25-13-15/h1-6,8-9,11,13-14,17H,7,10H2,(H,26,27,29). The zero-order chi connectivity index (χ0) is 20.8. The van der Waals surface area contributed by atoms with Crippen molar-refractivity contribution in [1.29, 1.82) is 5.26 Å². The molecule has 148 valence electrons. The van der Waals surface area contributed by atoms with Crippen LogP contribution in [0.1, 0.15) is 22.2 Å². The van der Waals surface area contributed by atoms with Gasteiger partial charge in [0.25, 0.3) is 0 Å². The molecule has 0 saturated carbocycles. The van der Waals surface area contributed by atoms with E-state index in [0.29, 0.717) is 28.2 Å². The minimum Gasteiger partial charge on any atom is -0.354 e. The quantitative estimate of drug-likeness (QED) is 0.444. The average Bonchev–Trinajstić information content (AvgIpc) is 3.25. The lowest BCUT2D eigenvalue weighted by molar-refractivity contribution is 0.913. The van der Waals surface area contributed by atoms with Gasteiger partial charge in [-0.05, 0) is 30.2 Å². The van der Waals surface area contributed by atoms with Crippen molar-refractivity contribution < 1.29 is 0 Å². The van der Waals surface area contributed by atoms with Gasteiger partial charge >= 0.3 is 0 Å². The Hall–Kier alpha value is -3.34. The highest BCUT2D eigenvalue weighted by molar-refractivity contribution is 7.10. The third-order valence-electron chi connectivity index (χ3n) is 4.44. The van der Waals surface area contributed by atoms with Crippen molar-refractivity contribution in [3.63, 3.8) is 0 Å². The van der Waals surface area contributed by atoms with Crippen LogP contribution in [-0.4, -0.2) is 26.5 Å². The van der Waals surface area contributed by atoms with Gasteiger partial charge in [-0.3, -0.25) is 4.98 Å². The summed E-state index contributed by atoms with van der Waals surface area (Å²) in [5.41, 5.74) is 3.34. The van der Waals surface area contributed by atoms with Gasteiger partial charge in [0.2, 0.25) is 5.95 Å². The van der Waals surface area contributed by atoms with E-state index in [1.165, 1.54) is 11.3 Å². The molecule has 0 radical (unpaired) electrons. The van der Waals surface area contributed by atoms with Gasteiger partial charge in [-0.25, -0.2) is 15.0 Å². The Kier molecular flexibility index (Phi) is 6.28. The number of nitrogens with zero attached hydrogens (tertiary/aromatic N) is 5. The van der Waals surface area contributed by atoms with Gasteiger partial charge < -0.3 is 5.32 Å². The lowest BCUT2D eigenvalue weighted by Crippen LogP contribution is -2.10. The Labute approximate surface area is 183 Å². The van der Waals surface area contributed by atoms with E-state index in [1.807, 2.05) is 48.0 Å². The molecule has 0 bridgehead atoms. The van der Waals surface area contributed by atoms with Crippen molar-refractivity contribution in [2.24, 2.45) is 0 Å². The number of hydrogen-bond donors (Lipinski definition) is 1. The molecule has 3 aromatic heterocycles. The first-order chi connectivity index (χ1) is 14.7. The number of aromatic nitrogens is 4. The molecule has 0 aliphatic heterocycles. The maximum Gasteiger partial charge on any atom is 0.222 e. The van der Waals surface area contributed by atoms with E-state index in [0.717, 1.165) is 23.2 Å². The molecule has 0 aliphatic rings. The zero-order valence-corrected chi connectivity index (χ0v) is 17.4. The number of thiazole rings is 1. The summed E-state index contributed by atoms with van der Waals surface area (Å²) in [6.45, 7) is 0.667. The minimum atomic E-state index is -0.576. The highest BCUT2D eigenvalue weighted by Crippen LogP contribution is 2.32. The second-order valence-electron chi connectivity index (χ2n) is 6.46. The lowest BCUT2D eigenvalue weighted by Gasteiger charge is -2.09. The van der Waals surface area contributed by atoms with Crippen LogP contribution in [-0.2, 0) is 6.42 Å². The number of nitriles is 1. The SMILES string of the molecule is N#CC(c1ccnc(NCCc2cccnc2)n1)c1nc(-c2ccccc2Cl)cs1. The maximum absolute atomic E-state index is 9.79. The van der Waals surface area contributed by atoms with Crippen molar-refractivity contribution >= 4 is 28.9 Å². The van der Waals surface area contributed by atoms with E-state index in [4.69, 9.17) is 11.6 Å².